The molecule has 0 saturated heterocycles. The number of aliphatic carboxylic acids is 1. The number of carbonyl (C=O) groups is 2. The average molecular weight is 439 g/mol. The Labute approximate surface area is 185 Å². The summed E-state index contributed by atoms with van der Waals surface area (Å²) < 4.78 is 0. The Balaban J connectivity index is 1.54. The standard InChI is InChI=1S/C24H26N2O4S/c25-24(30)20(11-13-23(28)29)26-22(27)12-8-16-6-9-18(10-7-16)21-14-19(15-31-21)17-4-2-1-3-5-17/h1-7,9-10,14-15,20,22,26-27H,8,11-13H2,(H2,25,30)(H,28,29). The third-order valence-corrected chi connectivity index (χ3v) is 6.01. The molecule has 2 atom stereocenters. The smallest absolute Gasteiger partial charge is 0.303 e. The van der Waals surface area contributed by atoms with Crippen LogP contribution in [0.3, 0.4) is 0 Å². The summed E-state index contributed by atoms with van der Waals surface area (Å²) in [7, 11) is 0. The number of carbonyl (C=O) groups excluding carboxylic acids is 1. The molecule has 0 fully saturated rings. The van der Waals surface area contributed by atoms with Crippen molar-refractivity contribution in [3.05, 3.63) is 71.6 Å². The lowest BCUT2D eigenvalue weighted by atomic mass is 10.0. The number of carboxylic acid groups (broad SMARTS) is 1. The zero-order valence-corrected chi connectivity index (χ0v) is 17.8. The lowest BCUT2D eigenvalue weighted by Crippen LogP contribution is -2.46. The number of carboxylic acids is 1. The van der Waals surface area contributed by atoms with Crippen molar-refractivity contribution in [1.82, 2.24) is 5.32 Å². The fourth-order valence-corrected chi connectivity index (χ4v) is 4.22. The zero-order chi connectivity index (χ0) is 22.2. The predicted octanol–water partition coefficient (Wildman–Crippen LogP) is 3.64. The van der Waals surface area contributed by atoms with E-state index in [1.54, 1.807) is 11.3 Å². The van der Waals surface area contributed by atoms with Crippen molar-refractivity contribution in [2.24, 2.45) is 5.73 Å². The van der Waals surface area contributed by atoms with Crippen LogP contribution in [0.2, 0.25) is 0 Å². The molecule has 31 heavy (non-hydrogen) atoms. The van der Waals surface area contributed by atoms with Gasteiger partial charge in [0.05, 0.1) is 6.04 Å². The van der Waals surface area contributed by atoms with E-state index in [0.717, 1.165) is 11.1 Å². The molecule has 7 heteroatoms. The van der Waals surface area contributed by atoms with E-state index in [1.165, 1.54) is 16.0 Å². The van der Waals surface area contributed by atoms with Crippen LogP contribution in [-0.2, 0) is 16.0 Å². The van der Waals surface area contributed by atoms with Gasteiger partial charge in [-0.1, -0.05) is 54.6 Å². The molecule has 2 unspecified atom stereocenters. The van der Waals surface area contributed by atoms with Crippen LogP contribution < -0.4 is 11.1 Å². The fraction of sp³-hybridized carbons (Fsp3) is 0.250. The maximum Gasteiger partial charge on any atom is 0.303 e. The van der Waals surface area contributed by atoms with Gasteiger partial charge in [0.2, 0.25) is 5.91 Å². The Morgan fingerprint density at radius 1 is 0.968 bits per heavy atom. The maximum atomic E-state index is 11.4. The third kappa shape index (κ3) is 6.75. The largest absolute Gasteiger partial charge is 0.481 e. The van der Waals surface area contributed by atoms with Crippen LogP contribution in [0.15, 0.2) is 66.0 Å². The molecule has 2 aromatic carbocycles. The number of thiophene rings is 1. The van der Waals surface area contributed by atoms with E-state index < -0.39 is 24.1 Å². The minimum Gasteiger partial charge on any atom is -0.481 e. The first kappa shape index (κ1) is 22.7. The number of primary amides is 1. The monoisotopic (exact) mass is 438 g/mol. The van der Waals surface area contributed by atoms with Crippen LogP contribution in [0.5, 0.6) is 0 Å². The first-order valence-electron chi connectivity index (χ1n) is 10.1. The molecule has 0 bridgehead atoms. The summed E-state index contributed by atoms with van der Waals surface area (Å²) in [6.45, 7) is 0. The molecule has 3 aromatic rings. The lowest BCUT2D eigenvalue weighted by Gasteiger charge is -2.19. The van der Waals surface area contributed by atoms with Gasteiger partial charge in [-0.15, -0.1) is 11.3 Å². The van der Waals surface area contributed by atoms with Crippen LogP contribution in [0.25, 0.3) is 21.6 Å². The Morgan fingerprint density at radius 2 is 1.68 bits per heavy atom. The van der Waals surface area contributed by atoms with Crippen LogP contribution in [0.4, 0.5) is 0 Å². The normalized spacial score (nSPS) is 12.9. The van der Waals surface area contributed by atoms with E-state index in [2.05, 4.69) is 41.0 Å². The summed E-state index contributed by atoms with van der Waals surface area (Å²) in [4.78, 5) is 23.3. The van der Waals surface area contributed by atoms with Crippen molar-refractivity contribution in [3.63, 3.8) is 0 Å². The second-order valence-electron chi connectivity index (χ2n) is 7.37. The highest BCUT2D eigenvalue weighted by Gasteiger charge is 2.19. The van der Waals surface area contributed by atoms with Gasteiger partial charge in [-0.3, -0.25) is 14.9 Å². The SMILES string of the molecule is NC(=O)C(CCC(=O)O)NC(O)CCc1ccc(-c2cc(-c3ccccc3)cs2)cc1. The van der Waals surface area contributed by atoms with Gasteiger partial charge in [0, 0.05) is 11.3 Å². The molecular weight excluding hydrogens is 412 g/mol. The van der Waals surface area contributed by atoms with Gasteiger partial charge in [0.1, 0.15) is 6.23 Å². The first-order chi connectivity index (χ1) is 14.9. The number of hydrogen-bond donors (Lipinski definition) is 4. The van der Waals surface area contributed by atoms with E-state index in [-0.39, 0.29) is 12.8 Å². The molecule has 6 nitrogen and oxygen atoms in total. The van der Waals surface area contributed by atoms with Crippen LogP contribution in [0, 0.1) is 0 Å². The topological polar surface area (TPSA) is 113 Å². The number of benzene rings is 2. The summed E-state index contributed by atoms with van der Waals surface area (Å²) >= 11 is 1.70. The third-order valence-electron chi connectivity index (χ3n) is 5.04. The summed E-state index contributed by atoms with van der Waals surface area (Å²) in [5.74, 6) is -1.68. The predicted molar refractivity (Wildman–Crippen MR) is 123 cm³/mol. The van der Waals surface area contributed by atoms with Crippen molar-refractivity contribution in [2.75, 3.05) is 0 Å². The summed E-state index contributed by atoms with van der Waals surface area (Å²) in [6, 6.07) is 19.8. The van der Waals surface area contributed by atoms with Crippen molar-refractivity contribution >= 4 is 23.2 Å². The molecule has 0 radical (unpaired) electrons. The van der Waals surface area contributed by atoms with Gasteiger partial charge in [-0.25, -0.2) is 0 Å². The highest BCUT2D eigenvalue weighted by atomic mass is 32.1. The molecule has 5 N–H and O–H groups in total. The van der Waals surface area contributed by atoms with Gasteiger partial charge in [0.25, 0.3) is 0 Å². The Morgan fingerprint density at radius 3 is 2.32 bits per heavy atom. The average Bonchev–Trinajstić information content (AvgIpc) is 3.26. The Kier molecular flexibility index (Phi) is 7.94. The van der Waals surface area contributed by atoms with Gasteiger partial charge in [-0.2, -0.15) is 0 Å². The molecule has 0 aliphatic carbocycles. The van der Waals surface area contributed by atoms with Gasteiger partial charge < -0.3 is 15.9 Å². The maximum absolute atomic E-state index is 11.4. The Hall–Kier alpha value is -3.00. The highest BCUT2D eigenvalue weighted by molar-refractivity contribution is 7.14. The van der Waals surface area contributed by atoms with E-state index in [9.17, 15) is 14.7 Å². The lowest BCUT2D eigenvalue weighted by molar-refractivity contribution is -0.137. The number of aliphatic hydroxyl groups excluding tert-OH is 1. The van der Waals surface area contributed by atoms with Crippen molar-refractivity contribution in [1.29, 1.82) is 0 Å². The highest BCUT2D eigenvalue weighted by Crippen LogP contribution is 2.32. The summed E-state index contributed by atoms with van der Waals surface area (Å²) in [6.07, 6.45) is -0.103. The van der Waals surface area contributed by atoms with E-state index in [4.69, 9.17) is 10.8 Å². The number of aliphatic hydroxyl groups is 1. The minimum atomic E-state index is -1.01. The molecule has 0 spiro atoms. The van der Waals surface area contributed by atoms with Crippen molar-refractivity contribution in [3.8, 4) is 21.6 Å². The van der Waals surface area contributed by atoms with E-state index in [0.29, 0.717) is 12.8 Å². The fourth-order valence-electron chi connectivity index (χ4n) is 3.30. The van der Waals surface area contributed by atoms with Crippen molar-refractivity contribution in [2.45, 2.75) is 38.0 Å². The first-order valence-corrected chi connectivity index (χ1v) is 11.0. The van der Waals surface area contributed by atoms with E-state index in [1.807, 2.05) is 30.3 Å². The molecule has 0 aliphatic heterocycles. The zero-order valence-electron chi connectivity index (χ0n) is 17.0. The van der Waals surface area contributed by atoms with Crippen LogP contribution in [0.1, 0.15) is 24.8 Å². The number of nitrogens with two attached hydrogens (primary N) is 1. The Bertz CT molecular complexity index is 1000. The second kappa shape index (κ2) is 10.9. The number of aryl methyl sites for hydroxylation is 1. The quantitative estimate of drug-likeness (QED) is 0.342. The van der Waals surface area contributed by atoms with Gasteiger partial charge >= 0.3 is 5.97 Å². The second-order valence-corrected chi connectivity index (χ2v) is 8.28. The van der Waals surface area contributed by atoms with Crippen LogP contribution >= 0.6 is 11.3 Å². The van der Waals surface area contributed by atoms with Crippen LogP contribution in [-0.4, -0.2) is 34.4 Å². The number of amides is 1. The molecule has 3 rings (SSSR count). The molecule has 162 valence electrons. The minimum absolute atomic E-state index is 0.0439. The molecule has 0 aliphatic rings. The van der Waals surface area contributed by atoms with Gasteiger partial charge in [0.15, 0.2) is 0 Å². The molecule has 1 amide bonds. The number of rotatable bonds is 11. The van der Waals surface area contributed by atoms with Crippen molar-refractivity contribution < 1.29 is 19.8 Å². The summed E-state index contributed by atoms with van der Waals surface area (Å²) in [5.41, 5.74) is 9.88. The number of nitrogens with one attached hydrogen (secondary N) is 1. The molecule has 0 saturated carbocycles. The number of hydrogen-bond acceptors (Lipinski definition) is 5. The summed E-state index contributed by atoms with van der Waals surface area (Å²) in [5, 5.41) is 23.8. The van der Waals surface area contributed by atoms with E-state index >= 15 is 0 Å². The van der Waals surface area contributed by atoms with Gasteiger partial charge in [-0.05, 0) is 53.0 Å². The molecule has 1 aromatic heterocycles. The molecular formula is C24H26N2O4S. The molecule has 1 heterocycles.